The lowest BCUT2D eigenvalue weighted by Crippen LogP contribution is -2.35. The maximum atomic E-state index is 6.01. The Labute approximate surface area is 139 Å². The largest absolute Gasteiger partial charge is 0.489 e. The Bertz CT molecular complexity index is 579. The normalized spacial score (nSPS) is 17.8. The molecule has 2 N–H and O–H groups in total. The van der Waals surface area contributed by atoms with Crippen molar-refractivity contribution in [2.45, 2.75) is 26.0 Å². The van der Waals surface area contributed by atoms with Gasteiger partial charge in [-0.05, 0) is 50.0 Å². The molecule has 1 aliphatic rings. The molecule has 3 heteroatoms. The van der Waals surface area contributed by atoms with E-state index in [0.29, 0.717) is 6.61 Å². The van der Waals surface area contributed by atoms with Gasteiger partial charge in [-0.15, -0.1) is 0 Å². The molecule has 3 nitrogen and oxygen atoms in total. The van der Waals surface area contributed by atoms with Gasteiger partial charge in [-0.25, -0.2) is 0 Å². The van der Waals surface area contributed by atoms with Crippen LogP contribution in [0, 0.1) is 5.92 Å². The van der Waals surface area contributed by atoms with Crippen LogP contribution >= 0.6 is 0 Å². The van der Waals surface area contributed by atoms with Crippen LogP contribution < -0.4 is 15.4 Å². The van der Waals surface area contributed by atoms with Gasteiger partial charge in [-0.3, -0.25) is 0 Å². The second-order valence-electron chi connectivity index (χ2n) is 6.23. The van der Waals surface area contributed by atoms with Crippen molar-refractivity contribution in [2.24, 2.45) is 5.92 Å². The van der Waals surface area contributed by atoms with E-state index in [2.05, 4.69) is 41.0 Å². The van der Waals surface area contributed by atoms with E-state index in [1.54, 1.807) is 0 Å². The van der Waals surface area contributed by atoms with Gasteiger partial charge in [0.15, 0.2) is 0 Å². The van der Waals surface area contributed by atoms with Crippen molar-refractivity contribution in [1.29, 1.82) is 0 Å². The first-order valence-corrected chi connectivity index (χ1v) is 8.58. The van der Waals surface area contributed by atoms with Crippen molar-refractivity contribution in [1.82, 2.24) is 10.6 Å². The number of nitrogens with one attached hydrogen (secondary N) is 2. The maximum absolute atomic E-state index is 6.01. The van der Waals surface area contributed by atoms with Crippen LogP contribution in [0.1, 0.15) is 24.0 Å². The number of hydrogen-bond donors (Lipinski definition) is 2. The van der Waals surface area contributed by atoms with Gasteiger partial charge in [0.2, 0.25) is 0 Å². The molecule has 1 fully saturated rings. The predicted octanol–water partition coefficient (Wildman–Crippen LogP) is 3.35. The third-order valence-corrected chi connectivity index (χ3v) is 4.36. The molecular weight excluding hydrogens is 284 g/mol. The average molecular weight is 310 g/mol. The van der Waals surface area contributed by atoms with Crippen LogP contribution in [0.5, 0.6) is 5.75 Å². The first-order chi connectivity index (χ1) is 11.4. The molecule has 0 aliphatic carbocycles. The summed E-state index contributed by atoms with van der Waals surface area (Å²) in [7, 11) is 0. The Balaban J connectivity index is 1.50. The van der Waals surface area contributed by atoms with Crippen LogP contribution in [0.4, 0.5) is 0 Å². The van der Waals surface area contributed by atoms with Crippen molar-refractivity contribution in [3.8, 4) is 5.75 Å². The minimum Gasteiger partial charge on any atom is -0.489 e. The molecular formula is C20H26N2O. The molecule has 0 bridgehead atoms. The van der Waals surface area contributed by atoms with E-state index in [0.717, 1.165) is 31.3 Å². The number of piperidine rings is 1. The van der Waals surface area contributed by atoms with E-state index >= 15 is 0 Å². The summed E-state index contributed by atoms with van der Waals surface area (Å²) < 4.78 is 6.01. The van der Waals surface area contributed by atoms with Crippen molar-refractivity contribution < 1.29 is 4.74 Å². The summed E-state index contributed by atoms with van der Waals surface area (Å²) in [5, 5.41) is 7.06. The lowest BCUT2D eigenvalue weighted by atomic mass is 10.00. The number of para-hydroxylation sites is 1. The fourth-order valence-electron chi connectivity index (χ4n) is 3.04. The zero-order valence-corrected chi connectivity index (χ0v) is 13.6. The zero-order valence-electron chi connectivity index (χ0n) is 13.6. The zero-order chi connectivity index (χ0) is 15.7. The highest BCUT2D eigenvalue weighted by Crippen LogP contribution is 2.19. The molecule has 0 aromatic heterocycles. The quantitative estimate of drug-likeness (QED) is 0.823. The van der Waals surface area contributed by atoms with Gasteiger partial charge in [0.05, 0.1) is 0 Å². The van der Waals surface area contributed by atoms with Crippen molar-refractivity contribution >= 4 is 0 Å². The molecule has 1 heterocycles. The molecule has 23 heavy (non-hydrogen) atoms. The highest BCUT2D eigenvalue weighted by molar-refractivity contribution is 5.33. The summed E-state index contributed by atoms with van der Waals surface area (Å²) in [6.45, 7) is 4.86. The van der Waals surface area contributed by atoms with E-state index in [1.807, 2.05) is 24.3 Å². The molecule has 0 radical (unpaired) electrons. The third kappa shape index (κ3) is 5.08. The monoisotopic (exact) mass is 310 g/mol. The standard InChI is InChI=1S/C20H26N2O/c1-2-7-17(8-3-1)16-23-20-11-5-4-10-19(20)15-22-14-18-9-6-12-21-13-18/h1-5,7-8,10-11,18,21-22H,6,9,12-16H2. The first-order valence-electron chi connectivity index (χ1n) is 8.58. The van der Waals surface area contributed by atoms with E-state index in [4.69, 9.17) is 4.74 Å². The second kappa shape index (κ2) is 8.70. The van der Waals surface area contributed by atoms with Crippen molar-refractivity contribution in [3.63, 3.8) is 0 Å². The number of rotatable bonds is 7. The smallest absolute Gasteiger partial charge is 0.124 e. The fraction of sp³-hybridized carbons (Fsp3) is 0.400. The Hall–Kier alpha value is -1.84. The molecule has 122 valence electrons. The lowest BCUT2D eigenvalue weighted by Gasteiger charge is -2.23. The number of ether oxygens (including phenoxy) is 1. The highest BCUT2D eigenvalue weighted by atomic mass is 16.5. The lowest BCUT2D eigenvalue weighted by molar-refractivity contribution is 0.301. The van der Waals surface area contributed by atoms with Gasteiger partial charge in [-0.1, -0.05) is 48.5 Å². The maximum Gasteiger partial charge on any atom is 0.124 e. The summed E-state index contributed by atoms with van der Waals surface area (Å²) in [6, 6.07) is 18.6. The molecule has 1 aliphatic heterocycles. The average Bonchev–Trinajstić information content (AvgIpc) is 2.63. The van der Waals surface area contributed by atoms with E-state index in [9.17, 15) is 0 Å². The predicted molar refractivity (Wildman–Crippen MR) is 94.5 cm³/mol. The second-order valence-corrected chi connectivity index (χ2v) is 6.23. The van der Waals surface area contributed by atoms with Crippen LogP contribution in [-0.4, -0.2) is 19.6 Å². The Morgan fingerprint density at radius 3 is 2.70 bits per heavy atom. The van der Waals surface area contributed by atoms with Gasteiger partial charge < -0.3 is 15.4 Å². The fourth-order valence-corrected chi connectivity index (χ4v) is 3.04. The molecule has 1 unspecified atom stereocenters. The van der Waals surface area contributed by atoms with Gasteiger partial charge in [0, 0.05) is 12.1 Å². The van der Waals surface area contributed by atoms with E-state index in [-0.39, 0.29) is 0 Å². The third-order valence-electron chi connectivity index (χ3n) is 4.36. The Morgan fingerprint density at radius 1 is 1.04 bits per heavy atom. The highest BCUT2D eigenvalue weighted by Gasteiger charge is 2.12. The molecule has 3 rings (SSSR count). The van der Waals surface area contributed by atoms with Gasteiger partial charge in [0.1, 0.15) is 12.4 Å². The molecule has 2 aromatic rings. The van der Waals surface area contributed by atoms with Crippen LogP contribution in [0.15, 0.2) is 54.6 Å². The van der Waals surface area contributed by atoms with Gasteiger partial charge in [-0.2, -0.15) is 0 Å². The summed E-state index contributed by atoms with van der Waals surface area (Å²) in [5.74, 6) is 1.73. The van der Waals surface area contributed by atoms with E-state index < -0.39 is 0 Å². The number of benzene rings is 2. The SMILES string of the molecule is c1ccc(COc2ccccc2CNCC2CCCNC2)cc1. The Kier molecular flexibility index (Phi) is 6.07. The van der Waals surface area contributed by atoms with Crippen LogP contribution in [0.2, 0.25) is 0 Å². The minimum atomic E-state index is 0.615. The van der Waals surface area contributed by atoms with Crippen LogP contribution in [0.25, 0.3) is 0 Å². The van der Waals surface area contributed by atoms with Crippen LogP contribution in [-0.2, 0) is 13.2 Å². The first kappa shape index (κ1) is 16.0. The van der Waals surface area contributed by atoms with Crippen LogP contribution in [0.3, 0.4) is 0 Å². The van der Waals surface area contributed by atoms with Crippen molar-refractivity contribution in [2.75, 3.05) is 19.6 Å². The van der Waals surface area contributed by atoms with Gasteiger partial charge in [0.25, 0.3) is 0 Å². The summed E-state index contributed by atoms with van der Waals surface area (Å²) in [5.41, 5.74) is 2.43. The molecule has 0 spiro atoms. The van der Waals surface area contributed by atoms with E-state index in [1.165, 1.54) is 30.5 Å². The minimum absolute atomic E-state index is 0.615. The van der Waals surface area contributed by atoms with Crippen molar-refractivity contribution in [3.05, 3.63) is 65.7 Å². The summed E-state index contributed by atoms with van der Waals surface area (Å²) in [6.07, 6.45) is 2.62. The molecule has 1 atom stereocenters. The molecule has 0 amide bonds. The number of hydrogen-bond acceptors (Lipinski definition) is 3. The summed E-state index contributed by atoms with van der Waals surface area (Å²) in [4.78, 5) is 0. The Morgan fingerprint density at radius 2 is 1.87 bits per heavy atom. The molecule has 0 saturated carbocycles. The molecule has 2 aromatic carbocycles. The molecule has 1 saturated heterocycles. The topological polar surface area (TPSA) is 33.3 Å². The summed E-state index contributed by atoms with van der Waals surface area (Å²) >= 11 is 0. The van der Waals surface area contributed by atoms with Gasteiger partial charge >= 0.3 is 0 Å².